The summed E-state index contributed by atoms with van der Waals surface area (Å²) in [6, 6.07) is 5.27. The van der Waals surface area contributed by atoms with Crippen molar-refractivity contribution in [2.24, 2.45) is 0 Å². The summed E-state index contributed by atoms with van der Waals surface area (Å²) in [6.45, 7) is 7.79. The van der Waals surface area contributed by atoms with Gasteiger partial charge in [-0.25, -0.2) is 0 Å². The second-order valence-electron chi connectivity index (χ2n) is 4.44. The molecule has 1 fully saturated rings. The van der Waals surface area contributed by atoms with Gasteiger partial charge < -0.3 is 5.32 Å². The maximum Gasteiger partial charge on any atom is 0.0323 e. The predicted octanol–water partition coefficient (Wildman–Crippen LogP) is 3.04. The summed E-state index contributed by atoms with van der Waals surface area (Å²) < 4.78 is 0. The fraction of sp³-hybridized carbons (Fsp3) is 0.538. The van der Waals surface area contributed by atoms with Crippen molar-refractivity contribution < 1.29 is 0 Å². The predicted molar refractivity (Wildman–Crippen MR) is 60.6 cm³/mol. The van der Waals surface area contributed by atoms with E-state index in [0.717, 1.165) is 0 Å². The lowest BCUT2D eigenvalue weighted by Crippen LogP contribution is -2.14. The van der Waals surface area contributed by atoms with E-state index in [4.69, 9.17) is 0 Å². The molecule has 1 atom stereocenters. The Labute approximate surface area is 86.5 Å². The van der Waals surface area contributed by atoms with Crippen LogP contribution >= 0.6 is 0 Å². The van der Waals surface area contributed by atoms with E-state index in [1.54, 1.807) is 0 Å². The third-order valence-corrected chi connectivity index (χ3v) is 3.32. The lowest BCUT2D eigenvalue weighted by Gasteiger charge is -2.16. The van der Waals surface area contributed by atoms with Gasteiger partial charge in [-0.05, 0) is 62.4 Å². The van der Waals surface area contributed by atoms with Gasteiger partial charge in [0.05, 0.1) is 0 Å². The molecular formula is C13H19N. The largest absolute Gasteiger partial charge is 0.310 e. The summed E-state index contributed by atoms with van der Waals surface area (Å²) in [5.74, 6) is 0. The molecule has 0 amide bonds. The Hall–Kier alpha value is -0.820. The van der Waals surface area contributed by atoms with Crippen LogP contribution in [0, 0.1) is 20.8 Å². The highest BCUT2D eigenvalue weighted by atomic mass is 14.9. The molecule has 0 radical (unpaired) electrons. The van der Waals surface area contributed by atoms with Gasteiger partial charge in [-0.2, -0.15) is 0 Å². The highest BCUT2D eigenvalue weighted by molar-refractivity contribution is 5.38. The lowest BCUT2D eigenvalue weighted by atomic mass is 9.95. The summed E-state index contributed by atoms with van der Waals surface area (Å²) >= 11 is 0. The fourth-order valence-electron chi connectivity index (χ4n) is 2.31. The number of benzene rings is 1. The van der Waals surface area contributed by atoms with Crippen LogP contribution in [0.3, 0.4) is 0 Å². The van der Waals surface area contributed by atoms with Crippen LogP contribution < -0.4 is 5.32 Å². The molecule has 1 nitrogen and oxygen atoms in total. The van der Waals surface area contributed by atoms with Crippen molar-refractivity contribution in [2.75, 3.05) is 6.54 Å². The van der Waals surface area contributed by atoms with E-state index in [1.807, 2.05) is 0 Å². The van der Waals surface area contributed by atoms with Gasteiger partial charge in [-0.15, -0.1) is 0 Å². The van der Waals surface area contributed by atoms with Crippen LogP contribution in [0.25, 0.3) is 0 Å². The zero-order valence-corrected chi connectivity index (χ0v) is 9.35. The first-order valence-electron chi connectivity index (χ1n) is 5.49. The standard InChI is InChI=1S/C13H19N/c1-9-7-11(3)12(8-10(9)2)13-5-4-6-14-13/h7-8,13-14H,4-6H2,1-3H3/t13-/m1/s1. The maximum atomic E-state index is 3.56. The van der Waals surface area contributed by atoms with Crippen molar-refractivity contribution in [1.29, 1.82) is 0 Å². The Balaban J connectivity index is 2.37. The Morgan fingerprint density at radius 3 is 2.43 bits per heavy atom. The monoisotopic (exact) mass is 189 g/mol. The summed E-state index contributed by atoms with van der Waals surface area (Å²) in [7, 11) is 0. The molecule has 0 unspecified atom stereocenters. The molecule has 1 aromatic carbocycles. The quantitative estimate of drug-likeness (QED) is 0.716. The van der Waals surface area contributed by atoms with Crippen molar-refractivity contribution in [3.63, 3.8) is 0 Å². The molecule has 0 bridgehead atoms. The minimum atomic E-state index is 0.606. The van der Waals surface area contributed by atoms with Gasteiger partial charge in [0.15, 0.2) is 0 Å². The van der Waals surface area contributed by atoms with Crippen LogP contribution in [-0.2, 0) is 0 Å². The first kappa shape index (κ1) is 9.72. The zero-order valence-electron chi connectivity index (χ0n) is 9.35. The SMILES string of the molecule is Cc1cc(C)c([C@H]2CCCN2)cc1C. The van der Waals surface area contributed by atoms with E-state index in [-0.39, 0.29) is 0 Å². The van der Waals surface area contributed by atoms with Gasteiger partial charge in [0, 0.05) is 6.04 Å². The molecule has 1 aliphatic heterocycles. The number of rotatable bonds is 1. The molecule has 0 aliphatic carbocycles. The average Bonchev–Trinajstić information content (AvgIpc) is 2.64. The van der Waals surface area contributed by atoms with Crippen molar-refractivity contribution in [3.05, 3.63) is 34.4 Å². The highest BCUT2D eigenvalue weighted by Gasteiger charge is 2.18. The van der Waals surface area contributed by atoms with Crippen LogP contribution in [-0.4, -0.2) is 6.54 Å². The second-order valence-corrected chi connectivity index (χ2v) is 4.44. The topological polar surface area (TPSA) is 12.0 Å². The minimum Gasteiger partial charge on any atom is -0.310 e. The first-order chi connectivity index (χ1) is 6.68. The Bertz CT molecular complexity index is 335. The second kappa shape index (κ2) is 3.74. The van der Waals surface area contributed by atoms with E-state index in [2.05, 4.69) is 38.2 Å². The van der Waals surface area contributed by atoms with Gasteiger partial charge >= 0.3 is 0 Å². The van der Waals surface area contributed by atoms with Gasteiger partial charge in [0.25, 0.3) is 0 Å². The summed E-state index contributed by atoms with van der Waals surface area (Å²) in [6.07, 6.45) is 2.61. The van der Waals surface area contributed by atoms with E-state index in [1.165, 1.54) is 41.6 Å². The third kappa shape index (κ3) is 1.69. The number of nitrogens with one attached hydrogen (secondary N) is 1. The molecule has 0 spiro atoms. The van der Waals surface area contributed by atoms with Crippen molar-refractivity contribution in [3.8, 4) is 0 Å². The van der Waals surface area contributed by atoms with Crippen molar-refractivity contribution in [1.82, 2.24) is 5.32 Å². The molecule has 0 aromatic heterocycles. The Morgan fingerprint density at radius 2 is 1.79 bits per heavy atom. The number of hydrogen-bond acceptors (Lipinski definition) is 1. The number of hydrogen-bond donors (Lipinski definition) is 1. The highest BCUT2D eigenvalue weighted by Crippen LogP contribution is 2.27. The summed E-state index contributed by atoms with van der Waals surface area (Å²) in [5, 5.41) is 3.56. The van der Waals surface area contributed by atoms with E-state index >= 15 is 0 Å². The van der Waals surface area contributed by atoms with E-state index in [9.17, 15) is 0 Å². The molecule has 14 heavy (non-hydrogen) atoms. The molecular weight excluding hydrogens is 170 g/mol. The molecule has 1 N–H and O–H groups in total. The van der Waals surface area contributed by atoms with Crippen LogP contribution in [0.1, 0.15) is 41.1 Å². The first-order valence-corrected chi connectivity index (χ1v) is 5.49. The van der Waals surface area contributed by atoms with Crippen molar-refractivity contribution in [2.45, 2.75) is 39.7 Å². The van der Waals surface area contributed by atoms with Crippen LogP contribution in [0.15, 0.2) is 12.1 Å². The normalized spacial score (nSPS) is 21.5. The smallest absolute Gasteiger partial charge is 0.0323 e. The summed E-state index contributed by atoms with van der Waals surface area (Å²) in [4.78, 5) is 0. The van der Waals surface area contributed by atoms with Gasteiger partial charge in [0.1, 0.15) is 0 Å². The van der Waals surface area contributed by atoms with Gasteiger partial charge in [-0.3, -0.25) is 0 Å². The van der Waals surface area contributed by atoms with Gasteiger partial charge in [0.2, 0.25) is 0 Å². The number of aryl methyl sites for hydroxylation is 3. The average molecular weight is 189 g/mol. The molecule has 0 saturated carbocycles. The van der Waals surface area contributed by atoms with Crippen LogP contribution in [0.4, 0.5) is 0 Å². The Morgan fingerprint density at radius 1 is 1.07 bits per heavy atom. The molecule has 1 saturated heterocycles. The molecule has 2 rings (SSSR count). The maximum absolute atomic E-state index is 3.56. The zero-order chi connectivity index (χ0) is 10.1. The molecule has 1 aromatic rings. The van der Waals surface area contributed by atoms with Crippen LogP contribution in [0.2, 0.25) is 0 Å². The van der Waals surface area contributed by atoms with E-state index in [0.29, 0.717) is 6.04 Å². The fourth-order valence-corrected chi connectivity index (χ4v) is 2.31. The van der Waals surface area contributed by atoms with E-state index < -0.39 is 0 Å². The lowest BCUT2D eigenvalue weighted by molar-refractivity contribution is 0.643. The molecule has 76 valence electrons. The van der Waals surface area contributed by atoms with Gasteiger partial charge in [-0.1, -0.05) is 12.1 Å². The summed E-state index contributed by atoms with van der Waals surface area (Å²) in [5.41, 5.74) is 5.77. The molecule has 1 heteroatoms. The molecule has 1 aliphatic rings. The minimum absolute atomic E-state index is 0.606. The molecule has 1 heterocycles. The third-order valence-electron chi connectivity index (χ3n) is 3.32. The Kier molecular flexibility index (Phi) is 2.60. The van der Waals surface area contributed by atoms with Crippen molar-refractivity contribution >= 4 is 0 Å². The van der Waals surface area contributed by atoms with Crippen LogP contribution in [0.5, 0.6) is 0 Å².